The molecule has 0 atom stereocenters. The third kappa shape index (κ3) is 3.53. The van der Waals surface area contributed by atoms with Gasteiger partial charge < -0.3 is 9.67 Å². The van der Waals surface area contributed by atoms with Crippen LogP contribution in [0.4, 0.5) is 4.79 Å². The van der Waals surface area contributed by atoms with Crippen LogP contribution in [-0.4, -0.2) is 44.4 Å². The SMILES string of the molecule is O=C(O)Cn1cc(/C=C2\C(=O)NC(=O)N(C3CCCCC3)C2=O)c2ccccc21. The van der Waals surface area contributed by atoms with E-state index in [0.29, 0.717) is 11.1 Å². The standard InChI is InChI=1S/C21H21N3O5/c25-18(26)12-23-11-13(15-8-4-5-9-17(15)23)10-16-19(27)22-21(29)24(20(16)28)14-6-2-1-3-7-14/h4-5,8-11,14H,1-3,6-7,12H2,(H,25,26)(H,22,27,29)/b16-10+. The highest BCUT2D eigenvalue weighted by atomic mass is 16.4. The number of aliphatic carboxylic acids is 1. The lowest BCUT2D eigenvalue weighted by molar-refractivity contribution is -0.137. The van der Waals surface area contributed by atoms with Gasteiger partial charge in [0.1, 0.15) is 12.1 Å². The number of carbonyl (C=O) groups excluding carboxylic acids is 3. The Kier molecular flexibility index (Phi) is 4.92. The van der Waals surface area contributed by atoms with Crippen LogP contribution in [0.2, 0.25) is 0 Å². The van der Waals surface area contributed by atoms with Crippen LogP contribution in [0.15, 0.2) is 36.0 Å². The molecule has 2 N–H and O–H groups in total. The highest BCUT2D eigenvalue weighted by molar-refractivity contribution is 6.31. The van der Waals surface area contributed by atoms with E-state index >= 15 is 0 Å². The zero-order valence-corrected chi connectivity index (χ0v) is 15.8. The molecule has 1 aliphatic heterocycles. The fourth-order valence-corrected chi connectivity index (χ4v) is 4.16. The zero-order valence-electron chi connectivity index (χ0n) is 15.8. The van der Waals surface area contributed by atoms with Crippen LogP contribution in [0.25, 0.3) is 17.0 Å². The molecule has 8 heteroatoms. The van der Waals surface area contributed by atoms with E-state index in [1.807, 2.05) is 0 Å². The van der Waals surface area contributed by atoms with Crippen molar-refractivity contribution in [2.45, 2.75) is 44.7 Å². The summed E-state index contributed by atoms with van der Waals surface area (Å²) in [7, 11) is 0. The van der Waals surface area contributed by atoms with Crippen LogP contribution in [0.1, 0.15) is 37.7 Å². The Morgan fingerprint density at radius 2 is 1.86 bits per heavy atom. The number of carbonyl (C=O) groups is 4. The summed E-state index contributed by atoms with van der Waals surface area (Å²) in [6.45, 7) is -0.240. The van der Waals surface area contributed by atoms with Gasteiger partial charge in [0.05, 0.1) is 0 Å². The molecule has 2 aromatic rings. The molecule has 1 aromatic carbocycles. The summed E-state index contributed by atoms with van der Waals surface area (Å²) in [5, 5.41) is 12.1. The molecule has 1 saturated carbocycles. The second-order valence-electron chi connectivity index (χ2n) is 7.41. The molecule has 0 radical (unpaired) electrons. The van der Waals surface area contributed by atoms with Crippen molar-refractivity contribution < 1.29 is 24.3 Å². The molecular weight excluding hydrogens is 374 g/mol. The number of nitrogens with one attached hydrogen (secondary N) is 1. The number of rotatable bonds is 4. The molecule has 1 aromatic heterocycles. The Hall–Kier alpha value is -3.42. The van der Waals surface area contributed by atoms with Crippen LogP contribution in [-0.2, 0) is 20.9 Å². The summed E-state index contributed by atoms with van der Waals surface area (Å²) >= 11 is 0. The molecule has 0 unspecified atom stereocenters. The highest BCUT2D eigenvalue weighted by Crippen LogP contribution is 2.28. The normalized spacial score (nSPS) is 19.8. The number of carboxylic acids is 1. The van der Waals surface area contributed by atoms with Crippen molar-refractivity contribution >= 4 is 40.8 Å². The van der Waals surface area contributed by atoms with Crippen molar-refractivity contribution in [3.63, 3.8) is 0 Å². The molecule has 29 heavy (non-hydrogen) atoms. The van der Waals surface area contributed by atoms with Crippen molar-refractivity contribution in [3.05, 3.63) is 41.6 Å². The third-order valence-corrected chi connectivity index (χ3v) is 5.50. The highest BCUT2D eigenvalue weighted by Gasteiger charge is 2.40. The first-order chi connectivity index (χ1) is 14.0. The van der Waals surface area contributed by atoms with Crippen LogP contribution in [0, 0.1) is 0 Å². The van der Waals surface area contributed by atoms with E-state index in [9.17, 15) is 19.2 Å². The number of para-hydroxylation sites is 1. The van der Waals surface area contributed by atoms with Gasteiger partial charge in [0.15, 0.2) is 0 Å². The number of nitrogens with zero attached hydrogens (tertiary/aromatic N) is 2. The van der Waals surface area contributed by atoms with Crippen molar-refractivity contribution in [3.8, 4) is 0 Å². The predicted molar refractivity (Wildman–Crippen MR) is 105 cm³/mol. The summed E-state index contributed by atoms with van der Waals surface area (Å²) in [5.41, 5.74) is 1.12. The maximum Gasteiger partial charge on any atom is 0.331 e. The Labute approximate surface area is 166 Å². The molecule has 4 rings (SSSR count). The number of benzene rings is 1. The topological polar surface area (TPSA) is 109 Å². The largest absolute Gasteiger partial charge is 0.480 e. The zero-order chi connectivity index (χ0) is 20.5. The lowest BCUT2D eigenvalue weighted by Gasteiger charge is -2.35. The number of hydrogen-bond donors (Lipinski definition) is 2. The van der Waals surface area contributed by atoms with Gasteiger partial charge in [-0.05, 0) is 25.0 Å². The number of hydrogen-bond acceptors (Lipinski definition) is 4. The fourth-order valence-electron chi connectivity index (χ4n) is 4.16. The average molecular weight is 395 g/mol. The lowest BCUT2D eigenvalue weighted by atomic mass is 9.93. The number of imide groups is 2. The molecule has 0 spiro atoms. The van der Waals surface area contributed by atoms with Crippen molar-refractivity contribution in [2.24, 2.45) is 0 Å². The Morgan fingerprint density at radius 3 is 2.59 bits per heavy atom. The Bertz CT molecular complexity index is 1050. The third-order valence-electron chi connectivity index (χ3n) is 5.50. The van der Waals surface area contributed by atoms with Crippen LogP contribution >= 0.6 is 0 Å². The van der Waals surface area contributed by atoms with Crippen LogP contribution < -0.4 is 5.32 Å². The quantitative estimate of drug-likeness (QED) is 0.611. The minimum Gasteiger partial charge on any atom is -0.480 e. The first-order valence-corrected chi connectivity index (χ1v) is 9.66. The summed E-state index contributed by atoms with van der Waals surface area (Å²) in [6, 6.07) is 6.30. The lowest BCUT2D eigenvalue weighted by Crippen LogP contribution is -2.58. The molecule has 0 bridgehead atoms. The smallest absolute Gasteiger partial charge is 0.331 e. The number of aromatic nitrogens is 1. The van der Waals surface area contributed by atoms with Crippen molar-refractivity contribution in [1.29, 1.82) is 0 Å². The van der Waals surface area contributed by atoms with E-state index in [-0.39, 0.29) is 18.2 Å². The van der Waals surface area contributed by atoms with E-state index in [2.05, 4.69) is 5.32 Å². The van der Waals surface area contributed by atoms with Crippen LogP contribution in [0.3, 0.4) is 0 Å². The van der Waals surface area contributed by atoms with Gasteiger partial charge in [-0.1, -0.05) is 37.5 Å². The number of carboxylic acid groups (broad SMARTS) is 1. The number of barbiturate groups is 1. The second kappa shape index (κ2) is 7.54. The summed E-state index contributed by atoms with van der Waals surface area (Å²) < 4.78 is 1.55. The van der Waals surface area contributed by atoms with Crippen LogP contribution in [0.5, 0.6) is 0 Å². The number of fused-ring (bicyclic) bond motifs is 1. The van der Waals surface area contributed by atoms with Gasteiger partial charge in [0.2, 0.25) is 0 Å². The molecule has 150 valence electrons. The molecular formula is C21H21N3O5. The van der Waals surface area contributed by atoms with Crippen molar-refractivity contribution in [2.75, 3.05) is 0 Å². The first-order valence-electron chi connectivity index (χ1n) is 9.66. The Balaban J connectivity index is 1.74. The van der Waals surface area contributed by atoms with Gasteiger partial charge in [-0.25, -0.2) is 4.79 Å². The fraction of sp³-hybridized carbons (Fsp3) is 0.333. The molecule has 1 aliphatic carbocycles. The van der Waals surface area contributed by atoms with Gasteiger partial charge in [0, 0.05) is 28.7 Å². The summed E-state index contributed by atoms with van der Waals surface area (Å²) in [4.78, 5) is 50.1. The predicted octanol–water partition coefficient (Wildman–Crippen LogP) is 2.52. The number of urea groups is 1. The maximum atomic E-state index is 13.0. The minimum absolute atomic E-state index is 0.117. The van der Waals surface area contributed by atoms with E-state index in [4.69, 9.17) is 5.11 Å². The van der Waals surface area contributed by atoms with E-state index in [1.54, 1.807) is 35.0 Å². The molecule has 2 heterocycles. The van der Waals surface area contributed by atoms with Gasteiger partial charge in [0.25, 0.3) is 11.8 Å². The molecule has 1 saturated heterocycles. The first kappa shape index (κ1) is 18.9. The van der Waals surface area contributed by atoms with Gasteiger partial charge in [-0.15, -0.1) is 0 Å². The summed E-state index contributed by atoms with van der Waals surface area (Å²) in [6.07, 6.45) is 7.48. The minimum atomic E-state index is -0.995. The summed E-state index contributed by atoms with van der Waals surface area (Å²) in [5.74, 6) is -2.33. The maximum absolute atomic E-state index is 13.0. The molecule has 4 amide bonds. The average Bonchev–Trinajstić information content (AvgIpc) is 3.03. The van der Waals surface area contributed by atoms with Gasteiger partial charge in [-0.3, -0.25) is 24.6 Å². The second-order valence-corrected chi connectivity index (χ2v) is 7.41. The number of amides is 4. The molecule has 8 nitrogen and oxygen atoms in total. The van der Waals surface area contributed by atoms with E-state index in [1.165, 1.54) is 11.0 Å². The van der Waals surface area contributed by atoms with Gasteiger partial charge in [-0.2, -0.15) is 0 Å². The molecule has 2 fully saturated rings. The molecule has 2 aliphatic rings. The Morgan fingerprint density at radius 1 is 1.14 bits per heavy atom. The van der Waals surface area contributed by atoms with E-state index in [0.717, 1.165) is 37.5 Å². The van der Waals surface area contributed by atoms with E-state index < -0.39 is 23.8 Å². The van der Waals surface area contributed by atoms with Gasteiger partial charge >= 0.3 is 12.0 Å². The van der Waals surface area contributed by atoms with Crippen molar-refractivity contribution in [1.82, 2.24) is 14.8 Å². The monoisotopic (exact) mass is 395 g/mol.